The van der Waals surface area contributed by atoms with Gasteiger partial charge < -0.3 is 15.4 Å². The van der Waals surface area contributed by atoms with E-state index in [4.69, 9.17) is 4.74 Å². The highest BCUT2D eigenvalue weighted by atomic mass is 32.1. The largest absolute Gasteiger partial charge is 0.466 e. The number of benzene rings is 2. The van der Waals surface area contributed by atoms with Crippen molar-refractivity contribution in [3.05, 3.63) is 126 Å². The van der Waals surface area contributed by atoms with Crippen molar-refractivity contribution in [2.45, 2.75) is 39.5 Å². The van der Waals surface area contributed by atoms with Crippen LogP contribution in [-0.2, 0) is 27.2 Å². The highest BCUT2D eigenvalue weighted by Crippen LogP contribution is 2.38. The van der Waals surface area contributed by atoms with Crippen molar-refractivity contribution in [2.75, 3.05) is 23.8 Å². The minimum atomic E-state index is -0.661. The number of thiazole rings is 1. The second kappa shape index (κ2) is 14.0. The number of esters is 1. The van der Waals surface area contributed by atoms with Crippen LogP contribution in [0.2, 0.25) is 0 Å². The van der Waals surface area contributed by atoms with E-state index in [9.17, 15) is 19.2 Å². The third-order valence-electron chi connectivity index (χ3n) is 7.87. The minimum Gasteiger partial charge on any atom is -0.466 e. The average molecular weight is 664 g/mol. The molecule has 48 heavy (non-hydrogen) atoms. The van der Waals surface area contributed by atoms with Crippen molar-refractivity contribution in [2.24, 2.45) is 0 Å². The zero-order valence-corrected chi connectivity index (χ0v) is 27.4. The molecule has 1 aliphatic rings. The lowest BCUT2D eigenvalue weighted by atomic mass is 9.82. The summed E-state index contributed by atoms with van der Waals surface area (Å²) in [6, 6.07) is 13.9. The molecule has 244 valence electrons. The molecule has 5 aromatic rings. The Kier molecular flexibility index (Phi) is 9.39. The predicted octanol–water partition coefficient (Wildman–Crippen LogP) is 4.46. The van der Waals surface area contributed by atoms with Gasteiger partial charge in [0.1, 0.15) is 5.82 Å². The molecule has 3 N–H and O–H groups in total. The molecule has 0 aliphatic heterocycles. The fourth-order valence-corrected chi connectivity index (χ4v) is 6.40. The molecular weight excluding hydrogens is 630 g/mol. The average Bonchev–Trinajstić information content (AvgIpc) is 3.44. The molecule has 0 saturated heterocycles. The van der Waals surface area contributed by atoms with Crippen molar-refractivity contribution in [1.29, 1.82) is 0 Å². The van der Waals surface area contributed by atoms with Crippen LogP contribution in [0.4, 0.5) is 11.1 Å². The van der Waals surface area contributed by atoms with E-state index in [1.807, 2.05) is 19.1 Å². The Labute approximate surface area is 279 Å². The number of hydrogen-bond acceptors (Lipinski definition) is 10. The van der Waals surface area contributed by atoms with E-state index in [0.29, 0.717) is 15.6 Å². The fourth-order valence-electron chi connectivity index (χ4n) is 5.59. The van der Waals surface area contributed by atoms with Gasteiger partial charge in [-0.25, -0.2) is 14.8 Å². The molecule has 3 aromatic heterocycles. The van der Waals surface area contributed by atoms with Crippen LogP contribution >= 0.6 is 11.3 Å². The molecule has 1 amide bonds. The molecule has 0 spiro atoms. The summed E-state index contributed by atoms with van der Waals surface area (Å²) >= 11 is 1.17. The maximum absolute atomic E-state index is 13.5. The maximum atomic E-state index is 13.5. The number of carbonyl (C=O) groups is 2. The normalized spacial score (nSPS) is 13.3. The molecule has 0 fully saturated rings. The standard InChI is InChI=1S/C35H33N7O5S/c1-4-21-7-11-26-23(15-21)9-8-22-14-20(3)6-10-25(22)31(26)27-19-42(35(46)41-32(27)45)28-12-13-36-33(39-28)37-18-29(43)40-34-38-17-24(48-34)16-30(44)47-5-2/h6-15,17,19,31H,4-5,16,18H2,1-3H3,(H,36,37,39)(H,38,40,43)(H,41,45,46). The molecule has 0 saturated carbocycles. The smallest absolute Gasteiger partial charge is 0.334 e. The van der Waals surface area contributed by atoms with Gasteiger partial charge in [-0.15, -0.1) is 11.3 Å². The Bertz CT molecular complexity index is 2170. The molecule has 1 atom stereocenters. The van der Waals surface area contributed by atoms with E-state index in [1.165, 1.54) is 40.1 Å². The van der Waals surface area contributed by atoms with Gasteiger partial charge in [-0.05, 0) is 48.1 Å². The topological polar surface area (TPSA) is 161 Å². The molecule has 12 nitrogen and oxygen atoms in total. The quantitative estimate of drug-likeness (QED) is 0.180. The number of amides is 1. The Morgan fingerprint density at radius 2 is 1.77 bits per heavy atom. The van der Waals surface area contributed by atoms with E-state index in [0.717, 1.165) is 34.2 Å². The Hall–Kier alpha value is -5.69. The van der Waals surface area contributed by atoms with Crippen molar-refractivity contribution in [3.63, 3.8) is 0 Å². The first-order chi connectivity index (χ1) is 23.2. The molecule has 0 bridgehead atoms. The van der Waals surface area contributed by atoms with Crippen molar-refractivity contribution < 1.29 is 14.3 Å². The number of aromatic amines is 1. The van der Waals surface area contributed by atoms with Crippen LogP contribution in [0.5, 0.6) is 0 Å². The van der Waals surface area contributed by atoms with Crippen molar-refractivity contribution in [3.8, 4) is 5.82 Å². The van der Waals surface area contributed by atoms with Crippen LogP contribution in [0, 0.1) is 6.92 Å². The number of nitrogens with zero attached hydrogens (tertiary/aromatic N) is 4. The third-order valence-corrected chi connectivity index (χ3v) is 8.78. The minimum absolute atomic E-state index is 0.0716. The summed E-state index contributed by atoms with van der Waals surface area (Å²) in [5.74, 6) is -0.935. The summed E-state index contributed by atoms with van der Waals surface area (Å²) in [7, 11) is 0. The number of aromatic nitrogens is 5. The molecule has 13 heteroatoms. The molecule has 0 radical (unpaired) electrons. The number of H-pyrrole nitrogens is 1. The second-order valence-electron chi connectivity index (χ2n) is 11.2. The number of carbonyl (C=O) groups excluding carboxylic acids is 2. The first-order valence-electron chi connectivity index (χ1n) is 15.5. The summed E-state index contributed by atoms with van der Waals surface area (Å²) in [5.41, 5.74) is 5.40. The molecule has 1 unspecified atom stereocenters. The lowest BCUT2D eigenvalue weighted by molar-refractivity contribution is -0.142. The number of ether oxygens (including phenoxy) is 1. The van der Waals surface area contributed by atoms with Crippen molar-refractivity contribution in [1.82, 2.24) is 24.5 Å². The fraction of sp³-hybridized carbons (Fsp3) is 0.229. The summed E-state index contributed by atoms with van der Waals surface area (Å²) in [6.07, 6.45) is 9.59. The molecule has 6 rings (SSSR count). The van der Waals surface area contributed by atoms with Gasteiger partial charge in [0.25, 0.3) is 5.56 Å². The SMILES string of the molecule is CCOC(=O)Cc1cnc(NC(=O)CNc2nccc(-n3cc(C4c5ccc(C)cc5C=Cc5cc(CC)ccc54)c(=O)[nH]c3=O)n2)s1. The van der Waals surface area contributed by atoms with Crippen LogP contribution in [0.15, 0.2) is 70.6 Å². The molecular formula is C35H33N7O5S. The highest BCUT2D eigenvalue weighted by molar-refractivity contribution is 7.15. The van der Waals surface area contributed by atoms with Crippen LogP contribution < -0.4 is 21.9 Å². The molecule has 2 aromatic carbocycles. The Morgan fingerprint density at radius 3 is 2.54 bits per heavy atom. The number of anilines is 2. The lowest BCUT2D eigenvalue weighted by Crippen LogP contribution is -2.33. The van der Waals surface area contributed by atoms with Crippen LogP contribution in [-0.4, -0.2) is 49.5 Å². The summed E-state index contributed by atoms with van der Waals surface area (Å²) in [5, 5.41) is 5.87. The number of aryl methyl sites for hydroxylation is 2. The van der Waals surface area contributed by atoms with Gasteiger partial charge >= 0.3 is 11.7 Å². The van der Waals surface area contributed by atoms with Gasteiger partial charge in [0.15, 0.2) is 5.13 Å². The molecule has 1 aliphatic carbocycles. The number of fused-ring (bicyclic) bond motifs is 2. The first kappa shape index (κ1) is 32.3. The zero-order chi connectivity index (χ0) is 33.8. The maximum Gasteiger partial charge on any atom is 0.334 e. The van der Waals surface area contributed by atoms with Gasteiger partial charge in [0, 0.05) is 41.0 Å². The van der Waals surface area contributed by atoms with E-state index in [1.54, 1.807) is 13.0 Å². The number of rotatable bonds is 10. The van der Waals surface area contributed by atoms with Gasteiger partial charge in [-0.2, -0.15) is 4.98 Å². The Morgan fingerprint density at radius 1 is 1.00 bits per heavy atom. The summed E-state index contributed by atoms with van der Waals surface area (Å²) in [6.45, 7) is 5.95. The van der Waals surface area contributed by atoms with E-state index in [2.05, 4.69) is 73.9 Å². The monoisotopic (exact) mass is 663 g/mol. The summed E-state index contributed by atoms with van der Waals surface area (Å²) in [4.78, 5) is 67.0. The van der Waals surface area contributed by atoms with Crippen LogP contribution in [0.25, 0.3) is 18.0 Å². The van der Waals surface area contributed by atoms with Crippen LogP contribution in [0.3, 0.4) is 0 Å². The lowest BCUT2D eigenvalue weighted by Gasteiger charge is -2.22. The zero-order valence-electron chi connectivity index (χ0n) is 26.6. The van der Waals surface area contributed by atoms with Gasteiger partial charge in [0.05, 0.1) is 19.6 Å². The number of hydrogen-bond donors (Lipinski definition) is 3. The van der Waals surface area contributed by atoms with Crippen LogP contribution in [0.1, 0.15) is 63.6 Å². The van der Waals surface area contributed by atoms with Crippen molar-refractivity contribution >= 4 is 46.4 Å². The summed E-state index contributed by atoms with van der Waals surface area (Å²) < 4.78 is 6.22. The second-order valence-corrected chi connectivity index (χ2v) is 12.3. The first-order valence-corrected chi connectivity index (χ1v) is 16.3. The van der Waals surface area contributed by atoms with Gasteiger partial charge in [-0.3, -0.25) is 23.9 Å². The Balaban J connectivity index is 1.27. The predicted molar refractivity (Wildman–Crippen MR) is 185 cm³/mol. The van der Waals surface area contributed by atoms with E-state index >= 15 is 0 Å². The van der Waals surface area contributed by atoms with E-state index in [-0.39, 0.29) is 37.3 Å². The van der Waals surface area contributed by atoms with Gasteiger partial charge in [0.2, 0.25) is 11.9 Å². The molecule has 3 heterocycles. The van der Waals surface area contributed by atoms with E-state index < -0.39 is 23.1 Å². The third kappa shape index (κ3) is 7.00. The van der Waals surface area contributed by atoms with Gasteiger partial charge in [-0.1, -0.05) is 61.0 Å². The highest BCUT2D eigenvalue weighted by Gasteiger charge is 2.27. The number of nitrogens with one attached hydrogen (secondary N) is 3.